The van der Waals surface area contributed by atoms with Gasteiger partial charge in [-0.2, -0.15) is 0 Å². The van der Waals surface area contributed by atoms with Crippen LogP contribution in [0.25, 0.3) is 71.8 Å². The third-order valence-corrected chi connectivity index (χ3v) is 9.39. The van der Waals surface area contributed by atoms with Crippen LogP contribution >= 0.6 is 0 Å². The summed E-state index contributed by atoms with van der Waals surface area (Å²) in [6, 6.07) is 42.8. The second-order valence-electron chi connectivity index (χ2n) is 12.0. The van der Waals surface area contributed by atoms with E-state index in [-0.39, 0.29) is 0 Å². The summed E-state index contributed by atoms with van der Waals surface area (Å²) in [6.07, 6.45) is 11.2. The van der Waals surface area contributed by atoms with E-state index in [1.54, 1.807) is 12.4 Å². The van der Waals surface area contributed by atoms with Crippen molar-refractivity contribution in [3.8, 4) is 39.2 Å². The summed E-state index contributed by atoms with van der Waals surface area (Å²) in [6.45, 7) is 0. The van der Waals surface area contributed by atoms with Gasteiger partial charge in [0.05, 0.1) is 22.4 Å². The van der Waals surface area contributed by atoms with Crippen molar-refractivity contribution >= 4 is 49.8 Å². The van der Waals surface area contributed by atoms with Crippen LogP contribution in [0.3, 0.4) is 0 Å². The minimum absolute atomic E-state index is 0.854. The van der Waals surface area contributed by atoms with Crippen LogP contribution < -0.4 is 4.90 Å². The van der Waals surface area contributed by atoms with E-state index in [1.807, 2.05) is 36.9 Å². The molecule has 0 amide bonds. The lowest BCUT2D eigenvalue weighted by atomic mass is 9.90. The van der Waals surface area contributed by atoms with E-state index in [2.05, 4.69) is 129 Å². The average Bonchev–Trinajstić information content (AvgIpc) is 3.48. The molecule has 5 aromatic heterocycles. The second-order valence-corrected chi connectivity index (χ2v) is 12.0. The molecule has 48 heavy (non-hydrogen) atoms. The molecule has 9 aromatic rings. The highest BCUT2D eigenvalue weighted by Gasteiger charge is 2.28. The summed E-state index contributed by atoms with van der Waals surface area (Å²) >= 11 is 0. The lowest BCUT2D eigenvalue weighted by Crippen LogP contribution is -2.16. The second kappa shape index (κ2) is 10.4. The summed E-state index contributed by atoms with van der Waals surface area (Å²) in [5, 5.41) is 4.79. The predicted octanol–water partition coefficient (Wildman–Crippen LogP) is 10.3. The van der Waals surface area contributed by atoms with Crippen molar-refractivity contribution in [2.45, 2.75) is 0 Å². The number of nitrogens with zero attached hydrogens (tertiary/aromatic N) is 6. The molecule has 224 valence electrons. The number of benzene rings is 4. The Bertz CT molecular complexity index is 2640. The van der Waals surface area contributed by atoms with E-state index in [0.717, 1.165) is 56.3 Å². The Balaban J connectivity index is 1.22. The van der Waals surface area contributed by atoms with Gasteiger partial charge in [0.25, 0.3) is 0 Å². The van der Waals surface area contributed by atoms with Gasteiger partial charge in [-0.15, -0.1) is 0 Å². The van der Waals surface area contributed by atoms with Crippen molar-refractivity contribution in [2.75, 3.05) is 4.90 Å². The number of aromatic nitrogens is 5. The highest BCUT2D eigenvalue weighted by Crippen LogP contribution is 2.52. The standard InChI is InChI=1S/C42H26N6/c1-2-13-36-32(11-1)34-21-35-33-12-3-7-27-8-4-14-37(42(27)33)48(41-18-16-31(26-46-41)29-10-6-20-44-24-29)39(35)22-38(34)47(36)40-17-15-30(25-45-40)28-9-5-19-43-23-28/h1-26H. The first-order chi connectivity index (χ1) is 23.8. The summed E-state index contributed by atoms with van der Waals surface area (Å²) in [5.74, 6) is 1.71. The van der Waals surface area contributed by atoms with E-state index < -0.39 is 0 Å². The fourth-order valence-electron chi connectivity index (χ4n) is 7.21. The molecular formula is C42H26N6. The van der Waals surface area contributed by atoms with E-state index in [0.29, 0.717) is 0 Å². The molecule has 1 aliphatic rings. The largest absolute Gasteiger partial charge is 0.294 e. The van der Waals surface area contributed by atoms with Crippen LogP contribution in [-0.2, 0) is 0 Å². The molecule has 10 rings (SSSR count). The number of para-hydroxylation sites is 1. The third-order valence-electron chi connectivity index (χ3n) is 9.39. The molecule has 0 atom stereocenters. The summed E-state index contributed by atoms with van der Waals surface area (Å²) in [5.41, 5.74) is 10.9. The fraction of sp³-hybridized carbons (Fsp3) is 0. The molecule has 0 bridgehead atoms. The monoisotopic (exact) mass is 614 g/mol. The van der Waals surface area contributed by atoms with E-state index in [9.17, 15) is 0 Å². The van der Waals surface area contributed by atoms with Gasteiger partial charge in [-0.05, 0) is 71.6 Å². The number of anilines is 3. The van der Waals surface area contributed by atoms with Gasteiger partial charge in [0, 0.05) is 81.2 Å². The first-order valence-corrected chi connectivity index (χ1v) is 15.9. The molecule has 0 radical (unpaired) electrons. The van der Waals surface area contributed by atoms with Crippen LogP contribution in [0.1, 0.15) is 0 Å². The molecule has 6 heterocycles. The zero-order chi connectivity index (χ0) is 31.6. The number of pyridine rings is 4. The van der Waals surface area contributed by atoms with Gasteiger partial charge in [0.2, 0.25) is 0 Å². The summed E-state index contributed by atoms with van der Waals surface area (Å²) < 4.78 is 2.27. The Labute approximate surface area is 276 Å². The van der Waals surface area contributed by atoms with Gasteiger partial charge in [-0.25, -0.2) is 9.97 Å². The van der Waals surface area contributed by atoms with Crippen LogP contribution in [0, 0.1) is 0 Å². The molecule has 0 unspecified atom stereocenters. The summed E-state index contributed by atoms with van der Waals surface area (Å²) in [4.78, 5) is 21.0. The first-order valence-electron chi connectivity index (χ1n) is 15.9. The number of fused-ring (bicyclic) bond motifs is 5. The maximum atomic E-state index is 5.05. The number of hydrogen-bond donors (Lipinski definition) is 0. The molecule has 0 N–H and O–H groups in total. The molecule has 6 heteroatoms. The van der Waals surface area contributed by atoms with Crippen LogP contribution in [0.5, 0.6) is 0 Å². The minimum Gasteiger partial charge on any atom is -0.294 e. The zero-order valence-electron chi connectivity index (χ0n) is 25.7. The van der Waals surface area contributed by atoms with Crippen LogP contribution in [-0.4, -0.2) is 24.5 Å². The van der Waals surface area contributed by atoms with Gasteiger partial charge >= 0.3 is 0 Å². The maximum Gasteiger partial charge on any atom is 0.137 e. The highest BCUT2D eigenvalue weighted by atomic mass is 15.2. The molecule has 6 nitrogen and oxygen atoms in total. The predicted molar refractivity (Wildman–Crippen MR) is 194 cm³/mol. The molecule has 4 aromatic carbocycles. The Morgan fingerprint density at radius 2 is 1.12 bits per heavy atom. The van der Waals surface area contributed by atoms with E-state index in [1.165, 1.54) is 32.7 Å². The molecular weight excluding hydrogens is 589 g/mol. The highest BCUT2D eigenvalue weighted by molar-refractivity contribution is 6.18. The first kappa shape index (κ1) is 26.5. The third kappa shape index (κ3) is 3.99. The topological polar surface area (TPSA) is 59.7 Å². The van der Waals surface area contributed by atoms with Gasteiger partial charge in [-0.1, -0.05) is 60.7 Å². The van der Waals surface area contributed by atoms with Crippen molar-refractivity contribution in [3.05, 3.63) is 159 Å². The molecule has 0 aliphatic carbocycles. The van der Waals surface area contributed by atoms with Gasteiger partial charge in [0.1, 0.15) is 11.6 Å². The van der Waals surface area contributed by atoms with Gasteiger partial charge < -0.3 is 0 Å². The smallest absolute Gasteiger partial charge is 0.137 e. The zero-order valence-corrected chi connectivity index (χ0v) is 25.7. The molecule has 0 saturated heterocycles. The lowest BCUT2D eigenvalue weighted by Gasteiger charge is -2.33. The lowest BCUT2D eigenvalue weighted by molar-refractivity contribution is 1.08. The normalized spacial score (nSPS) is 12.1. The number of hydrogen-bond acceptors (Lipinski definition) is 5. The van der Waals surface area contributed by atoms with Crippen molar-refractivity contribution in [1.29, 1.82) is 0 Å². The quantitative estimate of drug-likeness (QED) is 0.197. The minimum atomic E-state index is 0.854. The Morgan fingerprint density at radius 3 is 1.81 bits per heavy atom. The van der Waals surface area contributed by atoms with Crippen LogP contribution in [0.4, 0.5) is 17.2 Å². The van der Waals surface area contributed by atoms with Crippen molar-refractivity contribution in [2.24, 2.45) is 0 Å². The van der Waals surface area contributed by atoms with Crippen molar-refractivity contribution < 1.29 is 0 Å². The molecule has 0 saturated carbocycles. The van der Waals surface area contributed by atoms with Crippen LogP contribution in [0.15, 0.2) is 159 Å². The molecule has 0 fully saturated rings. The van der Waals surface area contributed by atoms with E-state index >= 15 is 0 Å². The average molecular weight is 615 g/mol. The van der Waals surface area contributed by atoms with Crippen LogP contribution in [0.2, 0.25) is 0 Å². The molecule has 1 aliphatic heterocycles. The Hall–Kier alpha value is -6.66. The fourth-order valence-corrected chi connectivity index (χ4v) is 7.21. The Kier molecular flexibility index (Phi) is 5.77. The van der Waals surface area contributed by atoms with Crippen molar-refractivity contribution in [1.82, 2.24) is 24.5 Å². The Morgan fingerprint density at radius 1 is 0.438 bits per heavy atom. The van der Waals surface area contributed by atoms with Crippen molar-refractivity contribution in [3.63, 3.8) is 0 Å². The maximum absolute atomic E-state index is 5.05. The summed E-state index contributed by atoms with van der Waals surface area (Å²) in [7, 11) is 0. The van der Waals surface area contributed by atoms with Gasteiger partial charge in [-0.3, -0.25) is 19.4 Å². The molecule has 0 spiro atoms. The SMILES string of the molecule is c1cncc(-c2ccc(N3c4cc5c(cc4-c4cccc6cccc3c46)c3ccccc3n5-c3ccc(-c4cccnc4)cn3)nc2)c1. The van der Waals surface area contributed by atoms with E-state index in [4.69, 9.17) is 9.97 Å². The number of rotatable bonds is 4. The van der Waals surface area contributed by atoms with Gasteiger partial charge in [0.15, 0.2) is 0 Å².